The van der Waals surface area contributed by atoms with Gasteiger partial charge in [0.2, 0.25) is 0 Å². The first kappa shape index (κ1) is 26.3. The molecule has 0 saturated heterocycles. The van der Waals surface area contributed by atoms with Gasteiger partial charge >= 0.3 is 12.1 Å². The first-order chi connectivity index (χ1) is 17.0. The average molecular weight is 504 g/mol. The third kappa shape index (κ3) is 6.44. The van der Waals surface area contributed by atoms with E-state index in [4.69, 9.17) is 14.2 Å². The Morgan fingerprint density at radius 2 is 1.56 bits per heavy atom. The number of nitrogens with zero attached hydrogens (tertiary/aromatic N) is 1. The predicted molar refractivity (Wildman–Crippen MR) is 122 cm³/mol. The minimum Gasteiger partial charge on any atom is -0.503 e. The number of benzene rings is 2. The van der Waals surface area contributed by atoms with Gasteiger partial charge in [-0.1, -0.05) is 12.1 Å². The summed E-state index contributed by atoms with van der Waals surface area (Å²) in [5.41, 5.74) is -0.456. The summed E-state index contributed by atoms with van der Waals surface area (Å²) in [5.74, 6) is -1.29. The lowest BCUT2D eigenvalue weighted by atomic mass is 10.1. The van der Waals surface area contributed by atoms with Crippen LogP contribution >= 0.6 is 0 Å². The smallest absolute Gasteiger partial charge is 0.416 e. The van der Waals surface area contributed by atoms with E-state index in [-0.39, 0.29) is 17.2 Å². The summed E-state index contributed by atoms with van der Waals surface area (Å²) in [6, 6.07) is 11.1. The van der Waals surface area contributed by atoms with E-state index >= 15 is 0 Å². The fraction of sp³-hybridized carbons (Fsp3) is 0.240. The third-order valence-corrected chi connectivity index (χ3v) is 5.08. The zero-order valence-electron chi connectivity index (χ0n) is 19.5. The summed E-state index contributed by atoms with van der Waals surface area (Å²) < 4.78 is 53.9. The van der Waals surface area contributed by atoms with Crippen LogP contribution in [0.2, 0.25) is 0 Å². The normalized spacial score (nSPS) is 12.8. The fourth-order valence-electron chi connectivity index (χ4n) is 3.09. The highest BCUT2D eigenvalue weighted by atomic mass is 19.4. The molecule has 0 fully saturated rings. The molecule has 8 nitrogen and oxygen atoms in total. The van der Waals surface area contributed by atoms with Gasteiger partial charge in [0.05, 0.1) is 12.7 Å². The van der Waals surface area contributed by atoms with Crippen LogP contribution in [0.1, 0.15) is 41.6 Å². The first-order valence-electron chi connectivity index (χ1n) is 10.7. The van der Waals surface area contributed by atoms with Crippen molar-refractivity contribution in [3.63, 3.8) is 0 Å². The van der Waals surface area contributed by atoms with E-state index in [1.807, 2.05) is 0 Å². The third-order valence-electron chi connectivity index (χ3n) is 5.08. The van der Waals surface area contributed by atoms with Crippen LogP contribution in [0.3, 0.4) is 0 Å². The quantitative estimate of drug-likeness (QED) is 0.415. The minimum absolute atomic E-state index is 0.0600. The molecule has 36 heavy (non-hydrogen) atoms. The van der Waals surface area contributed by atoms with Gasteiger partial charge in [0.25, 0.3) is 5.91 Å². The van der Waals surface area contributed by atoms with E-state index in [2.05, 4.69) is 10.3 Å². The monoisotopic (exact) mass is 504 g/mol. The molecule has 0 aliphatic heterocycles. The Hall–Kier alpha value is -4.28. The number of aromatic hydroxyl groups is 1. The van der Waals surface area contributed by atoms with Gasteiger partial charge in [0, 0.05) is 12.3 Å². The lowest BCUT2D eigenvalue weighted by Crippen LogP contribution is -2.40. The number of carbonyl (C=O) groups excluding carboxylic acids is 2. The van der Waals surface area contributed by atoms with Gasteiger partial charge in [-0.25, -0.2) is 9.78 Å². The zero-order valence-corrected chi connectivity index (χ0v) is 19.5. The summed E-state index contributed by atoms with van der Waals surface area (Å²) in [4.78, 5) is 28.7. The number of nitrogens with one attached hydrogen (secondary N) is 1. The van der Waals surface area contributed by atoms with E-state index in [0.29, 0.717) is 11.3 Å². The second-order valence-corrected chi connectivity index (χ2v) is 7.68. The van der Waals surface area contributed by atoms with Gasteiger partial charge in [-0.15, -0.1) is 0 Å². The molecule has 2 aromatic carbocycles. The highest BCUT2D eigenvalue weighted by molar-refractivity contribution is 5.97. The Morgan fingerprint density at radius 3 is 2.11 bits per heavy atom. The molecule has 0 aliphatic carbocycles. The van der Waals surface area contributed by atoms with Gasteiger partial charge in [0.1, 0.15) is 23.6 Å². The molecule has 1 aromatic heterocycles. The molecule has 1 heterocycles. The van der Waals surface area contributed by atoms with Crippen LogP contribution in [0.5, 0.6) is 23.0 Å². The van der Waals surface area contributed by atoms with Crippen LogP contribution in [0.4, 0.5) is 13.2 Å². The number of ether oxygens (including phenoxy) is 3. The summed E-state index contributed by atoms with van der Waals surface area (Å²) >= 11 is 0. The number of hydrogen-bond donors (Lipinski definition) is 2. The number of carbonyl (C=O) groups is 2. The number of methoxy groups -OCH3 is 1. The number of aromatic nitrogens is 1. The maximum absolute atomic E-state index is 12.7. The van der Waals surface area contributed by atoms with Crippen LogP contribution in [0, 0.1) is 0 Å². The van der Waals surface area contributed by atoms with Crippen molar-refractivity contribution in [2.24, 2.45) is 0 Å². The topological polar surface area (TPSA) is 107 Å². The average Bonchev–Trinajstić information content (AvgIpc) is 2.84. The second-order valence-electron chi connectivity index (χ2n) is 7.68. The van der Waals surface area contributed by atoms with Crippen LogP contribution in [-0.4, -0.2) is 35.1 Å². The largest absolute Gasteiger partial charge is 0.503 e. The lowest BCUT2D eigenvalue weighted by molar-refractivity contribution is -0.150. The molecular formula is C25H23F3N2O6. The summed E-state index contributed by atoms with van der Waals surface area (Å²) in [6.45, 7) is 3.05. The molecule has 0 radical (unpaired) electrons. The van der Waals surface area contributed by atoms with Crippen molar-refractivity contribution in [2.45, 2.75) is 32.2 Å². The number of rotatable bonds is 8. The molecule has 0 bridgehead atoms. The Balaban J connectivity index is 1.56. The number of amides is 1. The number of esters is 1. The van der Waals surface area contributed by atoms with Crippen LogP contribution < -0.4 is 14.8 Å². The van der Waals surface area contributed by atoms with Crippen LogP contribution in [0.25, 0.3) is 0 Å². The number of hydrogen-bond acceptors (Lipinski definition) is 7. The van der Waals surface area contributed by atoms with Crippen LogP contribution in [0.15, 0.2) is 60.8 Å². The van der Waals surface area contributed by atoms with Gasteiger partial charge in [0.15, 0.2) is 17.2 Å². The molecule has 0 saturated carbocycles. The van der Waals surface area contributed by atoms with Gasteiger partial charge < -0.3 is 24.6 Å². The molecule has 3 aromatic rings. The van der Waals surface area contributed by atoms with Crippen molar-refractivity contribution >= 4 is 11.9 Å². The fourth-order valence-corrected chi connectivity index (χ4v) is 3.09. The molecule has 2 atom stereocenters. The maximum Gasteiger partial charge on any atom is 0.416 e. The second kappa shape index (κ2) is 11.0. The Bertz CT molecular complexity index is 1210. The van der Waals surface area contributed by atoms with Crippen molar-refractivity contribution in [1.29, 1.82) is 0 Å². The molecule has 1 amide bonds. The van der Waals surface area contributed by atoms with E-state index in [1.165, 1.54) is 38.4 Å². The Kier molecular flexibility index (Phi) is 8.03. The minimum atomic E-state index is -4.43. The van der Waals surface area contributed by atoms with Crippen molar-refractivity contribution in [3.05, 3.63) is 77.6 Å². The van der Waals surface area contributed by atoms with Crippen LogP contribution in [-0.2, 0) is 15.7 Å². The van der Waals surface area contributed by atoms with E-state index in [9.17, 15) is 27.9 Å². The number of pyridine rings is 1. The molecule has 2 N–H and O–H groups in total. The summed E-state index contributed by atoms with van der Waals surface area (Å²) in [7, 11) is 1.32. The van der Waals surface area contributed by atoms with Crippen molar-refractivity contribution in [3.8, 4) is 23.0 Å². The Labute approximate surface area is 204 Å². The predicted octanol–water partition coefficient (Wildman–Crippen LogP) is 5.03. The van der Waals surface area contributed by atoms with E-state index < -0.39 is 41.5 Å². The molecule has 0 aliphatic rings. The van der Waals surface area contributed by atoms with Crippen molar-refractivity contribution in [1.82, 2.24) is 10.3 Å². The lowest BCUT2D eigenvalue weighted by Gasteiger charge is -2.18. The Morgan fingerprint density at radius 1 is 0.972 bits per heavy atom. The highest BCUT2D eigenvalue weighted by Gasteiger charge is 2.30. The van der Waals surface area contributed by atoms with Crippen molar-refractivity contribution in [2.75, 3.05) is 7.11 Å². The SMILES string of the molecule is COc1ccnc(C(=O)N[C@@H](C)C(=O)O[C@@H](C)c2ccc(Oc3ccc(C(F)(F)F)cc3)cc2)c1O. The molecule has 3 rings (SSSR count). The molecule has 190 valence electrons. The van der Waals surface area contributed by atoms with E-state index in [0.717, 1.165) is 12.1 Å². The van der Waals surface area contributed by atoms with Gasteiger partial charge in [-0.05, 0) is 55.8 Å². The number of alkyl halides is 3. The van der Waals surface area contributed by atoms with Crippen molar-refractivity contribution < 1.29 is 42.1 Å². The molecule has 0 spiro atoms. The summed E-state index contributed by atoms with van der Waals surface area (Å²) in [5, 5.41) is 12.5. The number of halogens is 3. The molecular weight excluding hydrogens is 481 g/mol. The van der Waals surface area contributed by atoms with Gasteiger partial charge in [-0.2, -0.15) is 13.2 Å². The summed E-state index contributed by atoms with van der Waals surface area (Å²) in [6.07, 6.45) is -3.83. The zero-order chi connectivity index (χ0) is 26.5. The standard InChI is InChI=1S/C25H23F3N2O6/c1-14(30-23(32)21-22(31)20(34-3)12-13-29-21)24(33)35-15(2)16-4-8-18(9-5-16)36-19-10-6-17(7-11-19)25(26,27)28/h4-15,31H,1-3H3,(H,30,32)/t14-,15-/m0/s1. The molecule has 11 heteroatoms. The molecule has 0 unspecified atom stereocenters. The van der Waals surface area contributed by atoms with Gasteiger partial charge in [-0.3, -0.25) is 4.79 Å². The highest BCUT2D eigenvalue weighted by Crippen LogP contribution is 2.32. The maximum atomic E-state index is 12.7. The van der Waals surface area contributed by atoms with E-state index in [1.54, 1.807) is 31.2 Å². The first-order valence-corrected chi connectivity index (χ1v) is 10.7.